The number of hydrogen-bond donors (Lipinski definition) is 1. The van der Waals surface area contributed by atoms with E-state index in [0.717, 1.165) is 27.7 Å². The van der Waals surface area contributed by atoms with Gasteiger partial charge in [0.15, 0.2) is 12.2 Å². The largest absolute Gasteiger partial charge is 0.452 e. The molecule has 186 valence electrons. The first-order valence-corrected chi connectivity index (χ1v) is 12.1. The van der Waals surface area contributed by atoms with Crippen LogP contribution in [0.25, 0.3) is 22.6 Å². The fraction of sp³-hybridized carbons (Fsp3) is 0.154. The average Bonchev–Trinajstić information content (AvgIpc) is 3.45. The van der Waals surface area contributed by atoms with E-state index in [1.165, 1.54) is 19.3 Å². The molecule has 0 saturated carbocycles. The molecule has 1 aliphatic rings. The lowest BCUT2D eigenvalue weighted by atomic mass is 10.2. The average molecular weight is 517 g/mol. The van der Waals surface area contributed by atoms with Gasteiger partial charge in [0.25, 0.3) is 5.91 Å². The summed E-state index contributed by atoms with van der Waals surface area (Å²) in [6.07, 6.45) is 1.50. The Morgan fingerprint density at radius 2 is 1.89 bits per heavy atom. The van der Waals surface area contributed by atoms with Crippen molar-refractivity contribution in [2.24, 2.45) is 0 Å². The number of nitrogens with one attached hydrogen (secondary N) is 1. The molecule has 1 N–H and O–H groups in total. The minimum atomic E-state index is -0.762. The van der Waals surface area contributed by atoms with Gasteiger partial charge in [-0.25, -0.2) is 14.8 Å². The van der Waals surface area contributed by atoms with Gasteiger partial charge in [-0.2, -0.15) is 0 Å². The van der Waals surface area contributed by atoms with E-state index in [1.54, 1.807) is 30.3 Å². The van der Waals surface area contributed by atoms with Crippen LogP contribution in [-0.2, 0) is 19.1 Å². The molecule has 1 fully saturated rings. The number of thioether (sulfide) groups is 1. The van der Waals surface area contributed by atoms with E-state index in [1.807, 2.05) is 24.3 Å². The zero-order chi connectivity index (χ0) is 25.9. The van der Waals surface area contributed by atoms with Gasteiger partial charge in [-0.3, -0.25) is 19.3 Å². The van der Waals surface area contributed by atoms with Crippen LogP contribution < -0.4 is 5.32 Å². The molecule has 0 aliphatic carbocycles. The number of likely N-dealkylation sites (tertiary alicyclic amines) is 1. The maximum absolute atomic E-state index is 12.6. The summed E-state index contributed by atoms with van der Waals surface area (Å²) in [7, 11) is 1.42. The number of imide groups is 1. The van der Waals surface area contributed by atoms with E-state index in [2.05, 4.69) is 15.3 Å². The summed E-state index contributed by atoms with van der Waals surface area (Å²) in [4.78, 5) is 58.7. The lowest BCUT2D eigenvalue weighted by molar-refractivity contribution is -0.136. The van der Waals surface area contributed by atoms with E-state index >= 15 is 0 Å². The lowest BCUT2D eigenvalue weighted by Crippen LogP contribution is -2.26. The molecule has 3 amide bonds. The molecule has 3 heterocycles. The monoisotopic (exact) mass is 516 g/mol. The number of carbonyl (C=O) groups excluding carboxylic acids is 4. The number of hydrogen-bond acceptors (Lipinski definition) is 9. The Morgan fingerprint density at radius 1 is 1.11 bits per heavy atom. The fourth-order valence-electron chi connectivity index (χ4n) is 3.69. The molecule has 37 heavy (non-hydrogen) atoms. The maximum Gasteiger partial charge on any atom is 0.341 e. The second-order valence-corrected chi connectivity index (χ2v) is 9.34. The van der Waals surface area contributed by atoms with Crippen molar-refractivity contribution in [2.45, 2.75) is 16.7 Å². The van der Waals surface area contributed by atoms with Crippen molar-refractivity contribution in [3.05, 3.63) is 72.4 Å². The summed E-state index contributed by atoms with van der Waals surface area (Å²) in [6, 6.07) is 17.4. The van der Waals surface area contributed by atoms with E-state index < -0.39 is 23.7 Å². The standard InChI is InChI=1S/C26H20N4O6S/c1-30-22(32)13-20(25(30)33)37-24-17(5-4-12-27-24)26(34)35-14-21(31)28-16-10-8-15(9-11-16)23-29-18-6-2-3-7-19(18)36-23/h2-12,20H,13-14H2,1H3,(H,28,31). The summed E-state index contributed by atoms with van der Waals surface area (Å²) < 4.78 is 10.9. The van der Waals surface area contributed by atoms with Gasteiger partial charge in [-0.1, -0.05) is 23.9 Å². The molecule has 5 rings (SSSR count). The second-order valence-electron chi connectivity index (χ2n) is 8.15. The quantitative estimate of drug-likeness (QED) is 0.289. The molecule has 11 heteroatoms. The number of carbonyl (C=O) groups is 4. The van der Waals surface area contributed by atoms with Gasteiger partial charge in [-0.15, -0.1) is 0 Å². The van der Waals surface area contributed by atoms with E-state index in [-0.39, 0.29) is 28.8 Å². The molecule has 10 nitrogen and oxygen atoms in total. The van der Waals surface area contributed by atoms with Gasteiger partial charge < -0.3 is 14.5 Å². The van der Waals surface area contributed by atoms with Crippen LogP contribution in [0.4, 0.5) is 5.69 Å². The van der Waals surface area contributed by atoms with Crippen molar-refractivity contribution in [3.8, 4) is 11.5 Å². The third kappa shape index (κ3) is 5.21. The molecular formula is C26H20N4O6S. The van der Waals surface area contributed by atoms with Gasteiger partial charge in [0.2, 0.25) is 17.7 Å². The second kappa shape index (κ2) is 10.2. The molecule has 1 aliphatic heterocycles. The first-order chi connectivity index (χ1) is 17.9. The number of rotatable bonds is 7. The van der Waals surface area contributed by atoms with Crippen LogP contribution in [0, 0.1) is 0 Å². The molecule has 2 aromatic heterocycles. The Hall–Kier alpha value is -4.51. The predicted molar refractivity (Wildman–Crippen MR) is 135 cm³/mol. The highest BCUT2D eigenvalue weighted by Gasteiger charge is 2.37. The number of aromatic nitrogens is 2. The molecule has 1 saturated heterocycles. The Labute approximate surface area is 215 Å². The molecule has 0 radical (unpaired) electrons. The van der Waals surface area contributed by atoms with Crippen LogP contribution in [0.3, 0.4) is 0 Å². The number of para-hydroxylation sites is 2. The molecule has 0 spiro atoms. The number of nitrogens with zero attached hydrogens (tertiary/aromatic N) is 3. The minimum absolute atomic E-state index is 0.0265. The SMILES string of the molecule is CN1C(=O)CC(Sc2ncccc2C(=O)OCC(=O)Nc2ccc(-c3nc4ccccc4o3)cc2)C1=O. The van der Waals surface area contributed by atoms with Gasteiger partial charge in [0.05, 0.1) is 10.8 Å². The maximum atomic E-state index is 12.6. The number of anilines is 1. The third-order valence-corrected chi connectivity index (χ3v) is 6.83. The van der Waals surface area contributed by atoms with Gasteiger partial charge in [0.1, 0.15) is 10.5 Å². The number of ether oxygens (including phenoxy) is 1. The van der Waals surface area contributed by atoms with Crippen LogP contribution in [0.5, 0.6) is 0 Å². The Morgan fingerprint density at radius 3 is 2.62 bits per heavy atom. The minimum Gasteiger partial charge on any atom is -0.452 e. The van der Waals surface area contributed by atoms with Gasteiger partial charge >= 0.3 is 5.97 Å². The van der Waals surface area contributed by atoms with Crippen LogP contribution in [-0.4, -0.2) is 57.5 Å². The predicted octanol–water partition coefficient (Wildman–Crippen LogP) is 3.53. The summed E-state index contributed by atoms with van der Waals surface area (Å²) in [5.74, 6) is -1.46. The molecule has 1 unspecified atom stereocenters. The van der Waals surface area contributed by atoms with Crippen LogP contribution in [0.15, 0.2) is 76.3 Å². The summed E-state index contributed by atoms with van der Waals surface area (Å²) in [5.41, 5.74) is 2.80. The molecule has 4 aromatic rings. The summed E-state index contributed by atoms with van der Waals surface area (Å²) >= 11 is 1.02. The highest BCUT2D eigenvalue weighted by molar-refractivity contribution is 8.00. The zero-order valence-electron chi connectivity index (χ0n) is 19.5. The van der Waals surface area contributed by atoms with Crippen molar-refractivity contribution in [3.63, 3.8) is 0 Å². The Balaban J connectivity index is 1.18. The molecule has 1 atom stereocenters. The van der Waals surface area contributed by atoms with E-state index in [9.17, 15) is 19.2 Å². The highest BCUT2D eigenvalue weighted by Crippen LogP contribution is 2.32. The number of benzene rings is 2. The van der Waals surface area contributed by atoms with Crippen molar-refractivity contribution in [1.29, 1.82) is 0 Å². The van der Waals surface area contributed by atoms with Crippen molar-refractivity contribution in [1.82, 2.24) is 14.9 Å². The molecule has 2 aromatic carbocycles. The Bertz CT molecular complexity index is 1480. The lowest BCUT2D eigenvalue weighted by Gasteiger charge is -2.11. The number of amides is 3. The number of pyridine rings is 1. The number of fused-ring (bicyclic) bond motifs is 1. The third-order valence-electron chi connectivity index (χ3n) is 5.63. The summed E-state index contributed by atoms with van der Waals surface area (Å²) in [5, 5.41) is 2.25. The number of oxazole rings is 1. The van der Waals surface area contributed by atoms with E-state index in [4.69, 9.17) is 9.15 Å². The topological polar surface area (TPSA) is 132 Å². The summed E-state index contributed by atoms with van der Waals surface area (Å²) in [6.45, 7) is -0.520. The Kier molecular flexibility index (Phi) is 6.69. The number of esters is 1. The van der Waals surface area contributed by atoms with Crippen LogP contribution >= 0.6 is 11.8 Å². The molecule has 0 bridgehead atoms. The van der Waals surface area contributed by atoms with Crippen LogP contribution in [0.1, 0.15) is 16.8 Å². The van der Waals surface area contributed by atoms with Crippen molar-refractivity contribution < 1.29 is 28.3 Å². The normalized spacial score (nSPS) is 15.3. The van der Waals surface area contributed by atoms with Gasteiger partial charge in [-0.05, 0) is 48.5 Å². The highest BCUT2D eigenvalue weighted by atomic mass is 32.2. The molecular weight excluding hydrogens is 496 g/mol. The smallest absolute Gasteiger partial charge is 0.341 e. The van der Waals surface area contributed by atoms with Crippen LogP contribution in [0.2, 0.25) is 0 Å². The van der Waals surface area contributed by atoms with Crippen molar-refractivity contribution in [2.75, 3.05) is 19.0 Å². The zero-order valence-corrected chi connectivity index (χ0v) is 20.4. The fourth-order valence-corrected chi connectivity index (χ4v) is 4.84. The van der Waals surface area contributed by atoms with E-state index in [0.29, 0.717) is 17.2 Å². The first-order valence-electron chi connectivity index (χ1n) is 11.2. The first kappa shape index (κ1) is 24.2. The van der Waals surface area contributed by atoms with Gasteiger partial charge in [0, 0.05) is 30.9 Å². The van der Waals surface area contributed by atoms with Crippen molar-refractivity contribution >= 4 is 52.2 Å².